The first-order valence-corrected chi connectivity index (χ1v) is 19.5. The van der Waals surface area contributed by atoms with Crippen molar-refractivity contribution in [1.82, 2.24) is 19.5 Å². The highest BCUT2D eigenvalue weighted by atomic mass is 31.2. The molecule has 1 atom stereocenters. The van der Waals surface area contributed by atoms with Crippen LogP contribution in [0.1, 0.15) is 115 Å². The lowest BCUT2D eigenvalue weighted by atomic mass is 10.0. The van der Waals surface area contributed by atoms with E-state index in [1.54, 1.807) is 4.57 Å². The third-order valence-corrected chi connectivity index (χ3v) is 9.74. The molecule has 0 saturated carbocycles. The molecule has 12 heteroatoms. The number of unbranched alkanes of at least 4 members (excludes halogenated alkanes) is 15. The Morgan fingerprint density at radius 2 is 1.38 bits per heavy atom. The topological polar surface area (TPSA) is 144 Å². The first-order valence-electron chi connectivity index (χ1n) is 17.8. The number of anilines is 1. The number of imidazole rings is 1. The average Bonchev–Trinajstić information content (AvgIpc) is 3.48. The molecule has 11 nitrogen and oxygen atoms in total. The number of benzene rings is 1. The highest BCUT2D eigenvalue weighted by Gasteiger charge is 2.25. The van der Waals surface area contributed by atoms with Crippen molar-refractivity contribution >= 4 is 24.7 Å². The molecule has 3 rings (SSSR count). The zero-order valence-corrected chi connectivity index (χ0v) is 29.4. The minimum Gasteiger partial charge on any atom is -0.379 e. The van der Waals surface area contributed by atoms with Crippen molar-refractivity contribution < 1.29 is 23.1 Å². The zero-order valence-electron chi connectivity index (χ0n) is 28.5. The zero-order chi connectivity index (χ0) is 33.4. The number of H-pyrrole nitrogens is 1. The standard InChI is InChI=1S/C35H58N5O6P/c1-2-3-4-5-6-7-8-9-10-11-12-13-14-15-16-20-24-43-26-27-45-47(42,46-28-31-21-18-17-19-22-31)30-44-25-23-40-29-37-32-33(40)38-35(36)39-34(32)41/h17-19,21-22,29H,2-16,20,23-28,30H2,1H3,(H3,36,38,39,41). The summed E-state index contributed by atoms with van der Waals surface area (Å²) in [6.07, 6.45) is 22.6. The van der Waals surface area contributed by atoms with Crippen LogP contribution >= 0.6 is 7.60 Å². The van der Waals surface area contributed by atoms with Crippen LogP contribution in [-0.4, -0.2) is 52.3 Å². The summed E-state index contributed by atoms with van der Waals surface area (Å²) in [5, 5.41) is 0. The Morgan fingerprint density at radius 1 is 0.766 bits per heavy atom. The predicted molar refractivity (Wildman–Crippen MR) is 189 cm³/mol. The smallest absolute Gasteiger partial charge is 0.356 e. The molecule has 264 valence electrons. The van der Waals surface area contributed by atoms with Gasteiger partial charge in [0.1, 0.15) is 6.35 Å². The fraction of sp³-hybridized carbons (Fsp3) is 0.686. The molecule has 3 aromatic rings. The quantitative estimate of drug-likeness (QED) is 0.0548. The van der Waals surface area contributed by atoms with E-state index in [1.807, 2.05) is 30.3 Å². The van der Waals surface area contributed by atoms with Crippen LogP contribution in [0.4, 0.5) is 5.95 Å². The van der Waals surface area contributed by atoms with E-state index in [4.69, 9.17) is 24.3 Å². The van der Waals surface area contributed by atoms with Gasteiger partial charge in [0, 0.05) is 13.2 Å². The Kier molecular flexibility index (Phi) is 19.6. The van der Waals surface area contributed by atoms with Gasteiger partial charge in [0.2, 0.25) is 5.95 Å². The number of nitrogens with one attached hydrogen (secondary N) is 1. The van der Waals surface area contributed by atoms with E-state index in [2.05, 4.69) is 21.9 Å². The number of aromatic amines is 1. The molecule has 0 bridgehead atoms. The van der Waals surface area contributed by atoms with Crippen molar-refractivity contribution in [1.29, 1.82) is 0 Å². The lowest BCUT2D eigenvalue weighted by Crippen LogP contribution is -2.14. The van der Waals surface area contributed by atoms with Gasteiger partial charge in [-0.25, -0.2) is 4.98 Å². The van der Waals surface area contributed by atoms with Crippen LogP contribution in [0.15, 0.2) is 41.5 Å². The van der Waals surface area contributed by atoms with Crippen molar-refractivity contribution in [3.63, 3.8) is 0 Å². The van der Waals surface area contributed by atoms with Gasteiger partial charge in [-0.1, -0.05) is 134 Å². The van der Waals surface area contributed by atoms with Gasteiger partial charge in [0.25, 0.3) is 5.56 Å². The van der Waals surface area contributed by atoms with Crippen molar-refractivity contribution in [3.8, 4) is 0 Å². The van der Waals surface area contributed by atoms with Crippen LogP contribution < -0.4 is 11.3 Å². The molecular weight excluding hydrogens is 617 g/mol. The molecule has 0 amide bonds. The van der Waals surface area contributed by atoms with Crippen LogP contribution in [-0.2, 0) is 36.2 Å². The van der Waals surface area contributed by atoms with Crippen LogP contribution in [0.3, 0.4) is 0 Å². The third-order valence-electron chi connectivity index (χ3n) is 8.15. The van der Waals surface area contributed by atoms with E-state index in [-0.39, 0.29) is 37.6 Å². The summed E-state index contributed by atoms with van der Waals surface area (Å²) in [6, 6.07) is 9.51. The second-order valence-corrected chi connectivity index (χ2v) is 14.2. The summed E-state index contributed by atoms with van der Waals surface area (Å²) < 4.78 is 38.1. The van der Waals surface area contributed by atoms with Gasteiger partial charge < -0.3 is 28.8 Å². The largest absolute Gasteiger partial charge is 0.379 e. The van der Waals surface area contributed by atoms with Gasteiger partial charge in [-0.15, -0.1) is 0 Å². The maximum atomic E-state index is 13.5. The van der Waals surface area contributed by atoms with Gasteiger partial charge in [-0.05, 0) is 12.0 Å². The summed E-state index contributed by atoms with van der Waals surface area (Å²) >= 11 is 0. The Bertz CT molecular complexity index is 1330. The molecule has 0 aliphatic heterocycles. The van der Waals surface area contributed by atoms with Crippen LogP contribution in [0.5, 0.6) is 0 Å². The first kappa shape index (κ1) is 38.9. The van der Waals surface area contributed by atoms with E-state index in [9.17, 15) is 9.36 Å². The van der Waals surface area contributed by atoms with Gasteiger partial charge in [-0.3, -0.25) is 14.3 Å². The number of nitrogens with zero attached hydrogens (tertiary/aromatic N) is 3. The number of rotatable bonds is 29. The number of nitrogen functional groups attached to an aromatic ring is 1. The molecule has 0 spiro atoms. The number of aromatic nitrogens is 4. The second-order valence-electron chi connectivity index (χ2n) is 12.2. The first-order chi connectivity index (χ1) is 23.0. The summed E-state index contributed by atoms with van der Waals surface area (Å²) in [6.45, 7) is 4.06. The average molecular weight is 676 g/mol. The number of hydrogen-bond donors (Lipinski definition) is 2. The molecule has 3 N–H and O–H groups in total. The second kappa shape index (κ2) is 23.7. The molecule has 0 aliphatic rings. The number of hydrogen-bond acceptors (Lipinski definition) is 9. The van der Waals surface area contributed by atoms with Crippen molar-refractivity contribution in [2.45, 2.75) is 123 Å². The van der Waals surface area contributed by atoms with E-state index in [0.29, 0.717) is 25.4 Å². The van der Waals surface area contributed by atoms with Crippen molar-refractivity contribution in [3.05, 3.63) is 52.6 Å². The Morgan fingerprint density at radius 3 is 2.02 bits per heavy atom. The number of ether oxygens (including phenoxy) is 2. The highest BCUT2D eigenvalue weighted by molar-refractivity contribution is 7.53. The molecule has 47 heavy (non-hydrogen) atoms. The van der Waals surface area contributed by atoms with E-state index in [1.165, 1.54) is 96.2 Å². The molecular formula is C35H58N5O6P. The van der Waals surface area contributed by atoms with Gasteiger partial charge in [0.05, 0.1) is 32.8 Å². The highest BCUT2D eigenvalue weighted by Crippen LogP contribution is 2.48. The molecule has 2 heterocycles. The molecule has 0 aliphatic carbocycles. The van der Waals surface area contributed by atoms with Gasteiger partial charge in [0.15, 0.2) is 11.2 Å². The van der Waals surface area contributed by atoms with Gasteiger partial charge >= 0.3 is 7.60 Å². The van der Waals surface area contributed by atoms with E-state index < -0.39 is 13.2 Å². The molecule has 1 aromatic carbocycles. The van der Waals surface area contributed by atoms with Crippen LogP contribution in [0.25, 0.3) is 11.2 Å². The molecule has 0 radical (unpaired) electrons. The lowest BCUT2D eigenvalue weighted by Gasteiger charge is -2.19. The fourth-order valence-electron chi connectivity index (χ4n) is 5.42. The number of nitrogens with two attached hydrogens (primary N) is 1. The van der Waals surface area contributed by atoms with Crippen LogP contribution in [0, 0.1) is 0 Å². The molecule has 0 saturated heterocycles. The maximum absolute atomic E-state index is 13.5. The Balaban J connectivity index is 1.23. The predicted octanol–water partition coefficient (Wildman–Crippen LogP) is 8.38. The van der Waals surface area contributed by atoms with Crippen molar-refractivity contribution in [2.75, 3.05) is 38.5 Å². The Labute approximate surface area is 280 Å². The summed E-state index contributed by atoms with van der Waals surface area (Å²) in [5.41, 5.74) is 6.70. The summed E-state index contributed by atoms with van der Waals surface area (Å²) in [5.74, 6) is 0.00872. The van der Waals surface area contributed by atoms with E-state index in [0.717, 1.165) is 18.4 Å². The molecule has 1 unspecified atom stereocenters. The van der Waals surface area contributed by atoms with Crippen LogP contribution in [0.2, 0.25) is 0 Å². The minimum atomic E-state index is -3.57. The number of fused-ring (bicyclic) bond motifs is 1. The minimum absolute atomic E-state index is 0.00872. The maximum Gasteiger partial charge on any atom is 0.356 e. The normalized spacial score (nSPS) is 13.0. The Hall–Kier alpha value is -2.56. The monoisotopic (exact) mass is 675 g/mol. The van der Waals surface area contributed by atoms with Crippen molar-refractivity contribution in [2.24, 2.45) is 0 Å². The SMILES string of the molecule is CCCCCCCCCCCCCCCCCCOCCOP(=O)(COCCn1cnc2c(=O)[nH]c(N)nc21)OCc1ccccc1. The molecule has 0 fully saturated rings. The summed E-state index contributed by atoms with van der Waals surface area (Å²) in [4.78, 5) is 22.7. The summed E-state index contributed by atoms with van der Waals surface area (Å²) in [7, 11) is -3.57. The van der Waals surface area contributed by atoms with Gasteiger partial charge in [-0.2, -0.15) is 4.98 Å². The molecule has 2 aromatic heterocycles. The van der Waals surface area contributed by atoms with E-state index >= 15 is 0 Å². The lowest BCUT2D eigenvalue weighted by molar-refractivity contribution is 0.0756. The fourth-order valence-corrected chi connectivity index (χ4v) is 6.70. The third kappa shape index (κ3) is 16.4.